The summed E-state index contributed by atoms with van der Waals surface area (Å²) in [6, 6.07) is 15.0. The number of para-hydroxylation sites is 1. The third-order valence-corrected chi connectivity index (χ3v) is 6.93. The van der Waals surface area contributed by atoms with Crippen LogP contribution in [-0.4, -0.2) is 77.3 Å². The van der Waals surface area contributed by atoms with Crippen molar-refractivity contribution in [3.63, 3.8) is 0 Å². The molecule has 1 atom stereocenters. The Balaban J connectivity index is 1.36. The van der Waals surface area contributed by atoms with Crippen molar-refractivity contribution in [2.45, 2.75) is 18.9 Å². The van der Waals surface area contributed by atoms with Crippen molar-refractivity contribution in [2.75, 3.05) is 51.1 Å². The molecule has 0 aliphatic carbocycles. The molecule has 0 spiro atoms. The zero-order chi connectivity index (χ0) is 24.2. The summed E-state index contributed by atoms with van der Waals surface area (Å²) in [5.41, 5.74) is 2.27. The average Bonchev–Trinajstić information content (AvgIpc) is 3.42. The molecule has 0 radical (unpaired) electrons. The molecule has 2 aliphatic rings. The van der Waals surface area contributed by atoms with Crippen LogP contribution in [0.5, 0.6) is 0 Å². The van der Waals surface area contributed by atoms with Gasteiger partial charge in [-0.05, 0) is 54.8 Å². The van der Waals surface area contributed by atoms with Crippen LogP contribution in [0.4, 0.5) is 10.1 Å². The van der Waals surface area contributed by atoms with Gasteiger partial charge in [-0.3, -0.25) is 24.4 Å². The van der Waals surface area contributed by atoms with Gasteiger partial charge >= 0.3 is 0 Å². The molecular formula is C27H30FN5O2. The zero-order valence-corrected chi connectivity index (χ0v) is 19.7. The number of likely N-dealkylation sites (tertiary alicyclic amines) is 1. The number of pyridine rings is 1. The predicted molar refractivity (Wildman–Crippen MR) is 133 cm³/mol. The lowest BCUT2D eigenvalue weighted by atomic mass is 9.99. The second-order valence-electron chi connectivity index (χ2n) is 9.22. The van der Waals surface area contributed by atoms with E-state index in [9.17, 15) is 14.0 Å². The van der Waals surface area contributed by atoms with E-state index < -0.39 is 6.04 Å². The van der Waals surface area contributed by atoms with Crippen LogP contribution in [0, 0.1) is 5.82 Å². The number of hydrogen-bond donors (Lipinski definition) is 1. The van der Waals surface area contributed by atoms with Gasteiger partial charge in [-0.1, -0.05) is 18.2 Å². The molecule has 1 unspecified atom stereocenters. The van der Waals surface area contributed by atoms with Crippen LogP contribution in [0.25, 0.3) is 10.9 Å². The van der Waals surface area contributed by atoms with Crippen LogP contribution < -0.4 is 5.32 Å². The molecule has 3 heterocycles. The van der Waals surface area contributed by atoms with Crippen molar-refractivity contribution in [1.82, 2.24) is 19.7 Å². The summed E-state index contributed by atoms with van der Waals surface area (Å²) in [5.74, 6) is -0.324. The molecule has 35 heavy (non-hydrogen) atoms. The monoisotopic (exact) mass is 475 g/mol. The highest BCUT2D eigenvalue weighted by Crippen LogP contribution is 2.30. The maximum Gasteiger partial charge on any atom is 0.246 e. The summed E-state index contributed by atoms with van der Waals surface area (Å²) in [6.45, 7) is 4.89. The molecule has 8 heteroatoms. The number of carbonyl (C=O) groups is 2. The highest BCUT2D eigenvalue weighted by Gasteiger charge is 2.33. The van der Waals surface area contributed by atoms with E-state index >= 15 is 0 Å². The Morgan fingerprint density at radius 3 is 2.37 bits per heavy atom. The summed E-state index contributed by atoms with van der Waals surface area (Å²) in [4.78, 5) is 37.0. The molecule has 2 saturated heterocycles. The van der Waals surface area contributed by atoms with Gasteiger partial charge in [0.15, 0.2) is 0 Å². The van der Waals surface area contributed by atoms with Crippen molar-refractivity contribution in [2.24, 2.45) is 0 Å². The first-order valence-corrected chi connectivity index (χ1v) is 12.2. The number of piperazine rings is 1. The Hall–Kier alpha value is -3.36. The molecule has 1 aromatic heterocycles. The highest BCUT2D eigenvalue weighted by molar-refractivity contribution is 5.98. The normalized spacial score (nSPS) is 18.0. The number of aromatic nitrogens is 1. The Kier molecular flexibility index (Phi) is 7.01. The molecule has 2 aromatic carbocycles. The van der Waals surface area contributed by atoms with Gasteiger partial charge in [0.1, 0.15) is 11.9 Å². The Morgan fingerprint density at radius 2 is 1.63 bits per heavy atom. The van der Waals surface area contributed by atoms with Gasteiger partial charge < -0.3 is 10.2 Å². The molecule has 3 aromatic rings. The lowest BCUT2D eigenvalue weighted by Crippen LogP contribution is -2.52. The van der Waals surface area contributed by atoms with Crippen LogP contribution in [-0.2, 0) is 9.59 Å². The molecule has 182 valence electrons. The predicted octanol–water partition coefficient (Wildman–Crippen LogP) is 3.29. The molecule has 1 N–H and O–H groups in total. The molecule has 7 nitrogen and oxygen atoms in total. The van der Waals surface area contributed by atoms with Crippen molar-refractivity contribution >= 4 is 28.4 Å². The van der Waals surface area contributed by atoms with Gasteiger partial charge in [0.25, 0.3) is 0 Å². The summed E-state index contributed by atoms with van der Waals surface area (Å²) < 4.78 is 13.4. The first-order valence-electron chi connectivity index (χ1n) is 12.2. The maximum atomic E-state index is 13.6. The smallest absolute Gasteiger partial charge is 0.246 e. The minimum absolute atomic E-state index is 0.172. The summed E-state index contributed by atoms with van der Waals surface area (Å²) in [6.07, 6.45) is 3.91. The first kappa shape index (κ1) is 23.4. The van der Waals surface area contributed by atoms with Gasteiger partial charge in [0, 0.05) is 56.5 Å². The topological polar surface area (TPSA) is 68.8 Å². The van der Waals surface area contributed by atoms with Crippen molar-refractivity contribution < 1.29 is 14.0 Å². The summed E-state index contributed by atoms with van der Waals surface area (Å²) in [7, 11) is 0. The fourth-order valence-electron chi connectivity index (χ4n) is 5.04. The van der Waals surface area contributed by atoms with E-state index in [1.54, 1.807) is 18.3 Å². The Bertz CT molecular complexity index is 1180. The van der Waals surface area contributed by atoms with Gasteiger partial charge in [0.05, 0.1) is 12.1 Å². The minimum Gasteiger partial charge on any atom is -0.342 e. The van der Waals surface area contributed by atoms with Crippen molar-refractivity contribution in [1.29, 1.82) is 0 Å². The van der Waals surface area contributed by atoms with Crippen molar-refractivity contribution in [3.8, 4) is 0 Å². The van der Waals surface area contributed by atoms with Crippen LogP contribution in [0.2, 0.25) is 0 Å². The summed E-state index contributed by atoms with van der Waals surface area (Å²) in [5, 5.41) is 3.90. The Morgan fingerprint density at radius 1 is 0.914 bits per heavy atom. The standard InChI is InChI=1S/C27H30FN5O2/c28-20-7-9-21(10-8-20)30-27(35)26(23-11-12-29-24-6-2-1-5-22(23)24)33-17-15-31(16-18-33)19-25(34)32-13-3-4-14-32/h1-2,5-12,26H,3-4,13-19H2,(H,30,35). The second-order valence-corrected chi connectivity index (χ2v) is 9.22. The lowest BCUT2D eigenvalue weighted by molar-refractivity contribution is -0.132. The average molecular weight is 476 g/mol. The number of carbonyl (C=O) groups excluding carboxylic acids is 2. The number of nitrogens with zero attached hydrogens (tertiary/aromatic N) is 4. The summed E-state index contributed by atoms with van der Waals surface area (Å²) >= 11 is 0. The number of fused-ring (bicyclic) bond motifs is 1. The van der Waals surface area contributed by atoms with E-state index in [1.807, 2.05) is 35.2 Å². The van der Waals surface area contributed by atoms with E-state index in [0.717, 1.165) is 42.4 Å². The van der Waals surface area contributed by atoms with Gasteiger partial charge in [-0.2, -0.15) is 0 Å². The van der Waals surface area contributed by atoms with Crippen molar-refractivity contribution in [3.05, 3.63) is 72.2 Å². The quantitative estimate of drug-likeness (QED) is 0.593. The minimum atomic E-state index is -0.538. The number of rotatable bonds is 6. The second kappa shape index (κ2) is 10.5. The molecular weight excluding hydrogens is 445 g/mol. The largest absolute Gasteiger partial charge is 0.342 e. The maximum absolute atomic E-state index is 13.6. The van der Waals surface area contributed by atoms with E-state index in [-0.39, 0.29) is 17.6 Å². The number of hydrogen-bond acceptors (Lipinski definition) is 5. The molecule has 2 aliphatic heterocycles. The zero-order valence-electron chi connectivity index (χ0n) is 19.7. The molecule has 0 saturated carbocycles. The number of amides is 2. The molecule has 0 bridgehead atoms. The van der Waals surface area contributed by atoms with E-state index in [2.05, 4.69) is 20.1 Å². The van der Waals surface area contributed by atoms with E-state index in [1.165, 1.54) is 12.1 Å². The van der Waals surface area contributed by atoms with Crippen LogP contribution in [0.15, 0.2) is 60.8 Å². The van der Waals surface area contributed by atoms with Crippen LogP contribution in [0.3, 0.4) is 0 Å². The number of nitrogens with one attached hydrogen (secondary N) is 1. The fourth-order valence-corrected chi connectivity index (χ4v) is 5.04. The van der Waals surface area contributed by atoms with Crippen LogP contribution >= 0.6 is 0 Å². The molecule has 2 fully saturated rings. The first-order chi connectivity index (χ1) is 17.1. The van der Waals surface area contributed by atoms with E-state index in [4.69, 9.17) is 0 Å². The lowest BCUT2D eigenvalue weighted by Gasteiger charge is -2.39. The third kappa shape index (κ3) is 5.33. The highest BCUT2D eigenvalue weighted by atomic mass is 19.1. The number of anilines is 1. The fraction of sp³-hybridized carbons (Fsp3) is 0.370. The SMILES string of the molecule is O=C(Nc1ccc(F)cc1)C(c1ccnc2ccccc12)N1CCN(CC(=O)N2CCCC2)CC1. The van der Waals surface area contributed by atoms with Gasteiger partial charge in [0.2, 0.25) is 11.8 Å². The molecule has 5 rings (SSSR count). The Labute approximate surface area is 204 Å². The number of halogens is 1. The molecule has 2 amide bonds. The van der Waals surface area contributed by atoms with Gasteiger partial charge in [-0.15, -0.1) is 0 Å². The third-order valence-electron chi connectivity index (χ3n) is 6.93. The number of benzene rings is 2. The van der Waals surface area contributed by atoms with Gasteiger partial charge in [-0.25, -0.2) is 4.39 Å². The van der Waals surface area contributed by atoms with Crippen LogP contribution in [0.1, 0.15) is 24.4 Å². The van der Waals surface area contributed by atoms with E-state index in [0.29, 0.717) is 38.4 Å².